The zero-order valence-electron chi connectivity index (χ0n) is 16.7. The van der Waals surface area contributed by atoms with Gasteiger partial charge < -0.3 is 0 Å². The standard InChI is InChI=1S/C21H24N4O2S/c1-13-14(2)28-19-18(13)20(27)25(12-22-19)11-17(26)24-23-10-15-6-8-16(9-7-15)21(3,4)5/h6-10,12H,11H2,1-5H3,(H,24,26)/b23-10+. The van der Waals surface area contributed by atoms with Gasteiger partial charge in [-0.3, -0.25) is 14.2 Å². The van der Waals surface area contributed by atoms with E-state index in [0.717, 1.165) is 16.0 Å². The van der Waals surface area contributed by atoms with Crippen LogP contribution in [0.4, 0.5) is 0 Å². The topological polar surface area (TPSA) is 76.3 Å². The van der Waals surface area contributed by atoms with E-state index in [9.17, 15) is 9.59 Å². The lowest BCUT2D eigenvalue weighted by atomic mass is 9.87. The maximum atomic E-state index is 12.6. The molecule has 2 aromatic heterocycles. The zero-order chi connectivity index (χ0) is 20.5. The molecule has 0 bridgehead atoms. The minimum absolute atomic E-state index is 0.0889. The molecule has 7 heteroatoms. The highest BCUT2D eigenvalue weighted by Crippen LogP contribution is 2.25. The fraction of sp³-hybridized carbons (Fsp3) is 0.333. The van der Waals surface area contributed by atoms with Gasteiger partial charge in [0.05, 0.1) is 17.9 Å². The Hall–Kier alpha value is -2.80. The molecule has 0 unspecified atom stereocenters. The van der Waals surface area contributed by atoms with E-state index in [4.69, 9.17) is 0 Å². The number of hydrogen-bond donors (Lipinski definition) is 1. The first-order chi connectivity index (χ1) is 13.2. The minimum Gasteiger partial charge on any atom is -0.289 e. The molecule has 1 aromatic carbocycles. The van der Waals surface area contributed by atoms with Crippen LogP contribution in [0.25, 0.3) is 10.2 Å². The normalized spacial score (nSPS) is 12.0. The molecule has 6 nitrogen and oxygen atoms in total. The van der Waals surface area contributed by atoms with Crippen molar-refractivity contribution in [2.45, 2.75) is 46.6 Å². The summed E-state index contributed by atoms with van der Waals surface area (Å²) in [6.45, 7) is 10.2. The lowest BCUT2D eigenvalue weighted by Gasteiger charge is -2.18. The van der Waals surface area contributed by atoms with Crippen molar-refractivity contribution in [2.24, 2.45) is 5.10 Å². The molecule has 0 saturated heterocycles. The van der Waals surface area contributed by atoms with E-state index in [1.165, 1.54) is 27.8 Å². The minimum atomic E-state index is -0.379. The van der Waals surface area contributed by atoms with Crippen LogP contribution in [-0.4, -0.2) is 21.7 Å². The summed E-state index contributed by atoms with van der Waals surface area (Å²) in [5.74, 6) is -0.379. The number of benzene rings is 1. The van der Waals surface area contributed by atoms with Crippen molar-refractivity contribution >= 4 is 33.7 Å². The lowest BCUT2D eigenvalue weighted by Crippen LogP contribution is -2.30. The molecule has 0 fully saturated rings. The van der Waals surface area contributed by atoms with E-state index in [2.05, 4.69) is 48.4 Å². The first-order valence-electron chi connectivity index (χ1n) is 9.04. The summed E-state index contributed by atoms with van der Waals surface area (Å²) in [6.07, 6.45) is 3.00. The Balaban J connectivity index is 1.67. The van der Waals surface area contributed by atoms with E-state index in [1.807, 2.05) is 26.0 Å². The molecule has 0 aliphatic carbocycles. The van der Waals surface area contributed by atoms with Gasteiger partial charge in [0.1, 0.15) is 11.4 Å². The number of aromatic nitrogens is 2. The predicted molar refractivity (Wildman–Crippen MR) is 114 cm³/mol. The third-order valence-corrected chi connectivity index (χ3v) is 5.76. The highest BCUT2D eigenvalue weighted by molar-refractivity contribution is 7.18. The third-order valence-electron chi connectivity index (χ3n) is 4.65. The summed E-state index contributed by atoms with van der Waals surface area (Å²) in [4.78, 5) is 30.8. The number of nitrogens with one attached hydrogen (secondary N) is 1. The van der Waals surface area contributed by atoms with Gasteiger partial charge in [0.15, 0.2) is 0 Å². The van der Waals surface area contributed by atoms with Crippen molar-refractivity contribution in [1.82, 2.24) is 15.0 Å². The second-order valence-electron chi connectivity index (χ2n) is 7.81. The van der Waals surface area contributed by atoms with Crippen molar-refractivity contribution in [3.63, 3.8) is 0 Å². The van der Waals surface area contributed by atoms with Crippen molar-refractivity contribution in [2.75, 3.05) is 0 Å². The number of hydrazone groups is 1. The maximum absolute atomic E-state index is 12.6. The van der Waals surface area contributed by atoms with Crippen LogP contribution in [0.3, 0.4) is 0 Å². The molecule has 0 saturated carbocycles. The van der Waals surface area contributed by atoms with Gasteiger partial charge in [0.2, 0.25) is 0 Å². The number of thiophene rings is 1. The third kappa shape index (κ3) is 4.20. The molecule has 2 heterocycles. The van der Waals surface area contributed by atoms with E-state index in [-0.39, 0.29) is 23.4 Å². The van der Waals surface area contributed by atoms with Gasteiger partial charge >= 0.3 is 0 Å². The molecule has 1 amide bonds. The van der Waals surface area contributed by atoms with E-state index in [0.29, 0.717) is 10.2 Å². The molecule has 3 rings (SSSR count). The molecule has 0 aliphatic heterocycles. The van der Waals surface area contributed by atoms with Gasteiger partial charge in [-0.1, -0.05) is 45.0 Å². The van der Waals surface area contributed by atoms with Crippen LogP contribution >= 0.6 is 11.3 Å². The number of aryl methyl sites for hydroxylation is 2. The predicted octanol–water partition coefficient (Wildman–Crippen LogP) is 3.52. The van der Waals surface area contributed by atoms with Gasteiger partial charge in [0, 0.05) is 4.88 Å². The summed E-state index contributed by atoms with van der Waals surface area (Å²) in [7, 11) is 0. The molecule has 0 radical (unpaired) electrons. The number of fused-ring (bicyclic) bond motifs is 1. The number of rotatable bonds is 4. The Kier molecular flexibility index (Phi) is 5.47. The van der Waals surface area contributed by atoms with Gasteiger partial charge in [-0.2, -0.15) is 5.10 Å². The van der Waals surface area contributed by atoms with E-state index < -0.39 is 0 Å². The smallest absolute Gasteiger partial charge is 0.262 e. The highest BCUT2D eigenvalue weighted by atomic mass is 32.1. The molecule has 1 N–H and O–H groups in total. The number of nitrogens with zero attached hydrogens (tertiary/aromatic N) is 3. The number of amides is 1. The molecule has 0 spiro atoms. The highest BCUT2D eigenvalue weighted by Gasteiger charge is 2.14. The Morgan fingerprint density at radius 1 is 1.25 bits per heavy atom. The largest absolute Gasteiger partial charge is 0.289 e. The van der Waals surface area contributed by atoms with Crippen LogP contribution in [0.1, 0.15) is 42.3 Å². The van der Waals surface area contributed by atoms with Crippen LogP contribution < -0.4 is 11.0 Å². The SMILES string of the molecule is Cc1sc2ncn(CC(=O)N/N=C/c3ccc(C(C)(C)C)cc3)c(=O)c2c1C. The molecule has 28 heavy (non-hydrogen) atoms. The van der Waals surface area contributed by atoms with E-state index in [1.54, 1.807) is 6.21 Å². The van der Waals surface area contributed by atoms with Crippen molar-refractivity contribution in [1.29, 1.82) is 0 Å². The first-order valence-corrected chi connectivity index (χ1v) is 9.86. The van der Waals surface area contributed by atoms with Crippen LogP contribution in [0.2, 0.25) is 0 Å². The van der Waals surface area contributed by atoms with Crippen LogP contribution in [0.5, 0.6) is 0 Å². The summed E-state index contributed by atoms with van der Waals surface area (Å²) >= 11 is 1.49. The average Bonchev–Trinajstić information content (AvgIpc) is 2.92. The van der Waals surface area contributed by atoms with Crippen LogP contribution in [-0.2, 0) is 16.8 Å². The quantitative estimate of drug-likeness (QED) is 0.541. The molecule has 0 aliphatic rings. The fourth-order valence-electron chi connectivity index (χ4n) is 2.82. The van der Waals surface area contributed by atoms with Gasteiger partial charge in [0.25, 0.3) is 11.5 Å². The Morgan fingerprint density at radius 3 is 2.57 bits per heavy atom. The summed E-state index contributed by atoms with van der Waals surface area (Å²) < 4.78 is 1.31. The first kappa shape index (κ1) is 19.9. The number of carbonyl (C=O) groups is 1. The fourth-order valence-corrected chi connectivity index (χ4v) is 3.81. The lowest BCUT2D eigenvalue weighted by molar-refractivity contribution is -0.121. The Morgan fingerprint density at radius 2 is 1.93 bits per heavy atom. The average molecular weight is 397 g/mol. The van der Waals surface area contributed by atoms with Gasteiger partial charge in [-0.25, -0.2) is 10.4 Å². The number of hydrogen-bond acceptors (Lipinski definition) is 5. The maximum Gasteiger partial charge on any atom is 0.262 e. The number of carbonyl (C=O) groups excluding carboxylic acids is 1. The molecular formula is C21H24N4O2S. The van der Waals surface area contributed by atoms with E-state index >= 15 is 0 Å². The molecule has 3 aromatic rings. The second kappa shape index (κ2) is 7.67. The summed E-state index contributed by atoms with van der Waals surface area (Å²) in [5.41, 5.74) is 5.39. The zero-order valence-corrected chi connectivity index (χ0v) is 17.6. The molecule has 146 valence electrons. The Labute approximate surface area is 167 Å². The van der Waals surface area contributed by atoms with Gasteiger partial charge in [-0.15, -0.1) is 11.3 Å². The van der Waals surface area contributed by atoms with Crippen molar-refractivity contribution in [3.05, 3.63) is 62.5 Å². The van der Waals surface area contributed by atoms with Crippen molar-refractivity contribution in [3.8, 4) is 0 Å². The Bertz CT molecular complexity index is 1100. The van der Waals surface area contributed by atoms with Crippen LogP contribution in [0, 0.1) is 13.8 Å². The monoisotopic (exact) mass is 396 g/mol. The summed E-state index contributed by atoms with van der Waals surface area (Å²) in [6, 6.07) is 8.02. The summed E-state index contributed by atoms with van der Waals surface area (Å²) in [5, 5.41) is 4.57. The van der Waals surface area contributed by atoms with Crippen LogP contribution in [0.15, 0.2) is 40.5 Å². The molecule has 0 atom stereocenters. The second-order valence-corrected chi connectivity index (χ2v) is 9.01. The van der Waals surface area contributed by atoms with Gasteiger partial charge in [-0.05, 0) is 36.0 Å². The van der Waals surface area contributed by atoms with Crippen molar-refractivity contribution < 1.29 is 4.79 Å². The molecular weight excluding hydrogens is 372 g/mol.